The summed E-state index contributed by atoms with van der Waals surface area (Å²) in [4.78, 5) is 24.4. The van der Waals surface area contributed by atoms with Gasteiger partial charge in [-0.1, -0.05) is 11.6 Å². The van der Waals surface area contributed by atoms with Crippen molar-refractivity contribution >= 4 is 45.2 Å². The van der Waals surface area contributed by atoms with Gasteiger partial charge in [-0.3, -0.25) is 4.79 Å². The van der Waals surface area contributed by atoms with Crippen LogP contribution in [0.2, 0.25) is 5.02 Å². The highest BCUT2D eigenvalue weighted by Gasteiger charge is 2.32. The first kappa shape index (κ1) is 15.1. The third-order valence-electron chi connectivity index (χ3n) is 2.99. The molecule has 2 N–H and O–H groups in total. The third kappa shape index (κ3) is 4.11. The Bertz CT molecular complexity index is 534. The van der Waals surface area contributed by atoms with Crippen molar-refractivity contribution in [2.75, 3.05) is 11.9 Å². The molecule has 1 aromatic rings. The number of hydrogen-bond donors (Lipinski definition) is 2. The Morgan fingerprint density at radius 1 is 1.45 bits per heavy atom. The molecule has 0 unspecified atom stereocenters. The second-order valence-electron chi connectivity index (χ2n) is 4.63. The highest BCUT2D eigenvalue weighted by atomic mass is 79.9. The number of carbonyl (C=O) groups excluding carboxylic acids is 1. The highest BCUT2D eigenvalue weighted by Crippen LogP contribution is 2.29. The van der Waals surface area contributed by atoms with Gasteiger partial charge in [0.1, 0.15) is 0 Å². The number of benzene rings is 1. The highest BCUT2D eigenvalue weighted by molar-refractivity contribution is 9.10. The SMILES string of the molecule is O=C(O)CCN(C(=O)Nc1ccc(Cl)c(Br)c1)C1CC1. The average molecular weight is 362 g/mol. The maximum Gasteiger partial charge on any atom is 0.322 e. The van der Waals surface area contributed by atoms with Gasteiger partial charge in [0.15, 0.2) is 0 Å². The van der Waals surface area contributed by atoms with Crippen LogP contribution < -0.4 is 5.32 Å². The van der Waals surface area contributed by atoms with Crippen molar-refractivity contribution in [2.24, 2.45) is 0 Å². The van der Waals surface area contributed by atoms with Crippen LogP contribution in [0.5, 0.6) is 0 Å². The van der Waals surface area contributed by atoms with Crippen LogP contribution >= 0.6 is 27.5 Å². The molecule has 0 aliphatic heterocycles. The molecule has 1 aromatic carbocycles. The van der Waals surface area contributed by atoms with Gasteiger partial charge >= 0.3 is 12.0 Å². The molecule has 0 heterocycles. The lowest BCUT2D eigenvalue weighted by Crippen LogP contribution is -2.38. The normalized spacial score (nSPS) is 13.9. The zero-order valence-electron chi connectivity index (χ0n) is 10.6. The summed E-state index contributed by atoms with van der Waals surface area (Å²) in [5, 5.41) is 12.0. The second kappa shape index (κ2) is 6.45. The maximum absolute atomic E-state index is 12.2. The topological polar surface area (TPSA) is 69.6 Å². The van der Waals surface area contributed by atoms with Crippen LogP contribution in [0, 0.1) is 0 Å². The van der Waals surface area contributed by atoms with Crippen molar-refractivity contribution in [3.8, 4) is 0 Å². The molecule has 0 atom stereocenters. The summed E-state index contributed by atoms with van der Waals surface area (Å²) in [7, 11) is 0. The van der Waals surface area contributed by atoms with Crippen LogP contribution in [0.15, 0.2) is 22.7 Å². The molecule has 1 saturated carbocycles. The molecule has 5 nitrogen and oxygen atoms in total. The number of nitrogens with zero attached hydrogens (tertiary/aromatic N) is 1. The van der Waals surface area contributed by atoms with Crippen LogP contribution in [0.4, 0.5) is 10.5 Å². The molecule has 0 spiro atoms. The fourth-order valence-corrected chi connectivity index (χ4v) is 2.32. The monoisotopic (exact) mass is 360 g/mol. The molecule has 108 valence electrons. The molecule has 2 rings (SSSR count). The zero-order chi connectivity index (χ0) is 14.7. The van der Waals surface area contributed by atoms with Gasteiger partial charge in [0.2, 0.25) is 0 Å². The van der Waals surface area contributed by atoms with Crippen molar-refractivity contribution in [1.82, 2.24) is 4.90 Å². The molecule has 1 fully saturated rings. The molecule has 0 aromatic heterocycles. The number of nitrogens with one attached hydrogen (secondary N) is 1. The summed E-state index contributed by atoms with van der Waals surface area (Å²) >= 11 is 9.18. The predicted molar refractivity (Wildman–Crippen MR) is 80.2 cm³/mol. The summed E-state index contributed by atoms with van der Waals surface area (Å²) in [6.45, 7) is 0.223. The summed E-state index contributed by atoms with van der Waals surface area (Å²) in [5.74, 6) is -0.905. The number of amides is 2. The molecular formula is C13H14BrClN2O3. The number of anilines is 1. The second-order valence-corrected chi connectivity index (χ2v) is 5.89. The van der Waals surface area contributed by atoms with Gasteiger partial charge in [-0.25, -0.2) is 4.79 Å². The Hall–Kier alpha value is -1.27. The van der Waals surface area contributed by atoms with E-state index in [1.165, 1.54) is 0 Å². The van der Waals surface area contributed by atoms with Crippen molar-refractivity contribution in [2.45, 2.75) is 25.3 Å². The fourth-order valence-electron chi connectivity index (χ4n) is 1.82. The minimum absolute atomic E-state index is 0.0474. The number of halogens is 2. The van der Waals surface area contributed by atoms with E-state index in [9.17, 15) is 9.59 Å². The Labute approximate surface area is 130 Å². The first-order valence-electron chi connectivity index (χ1n) is 6.22. The van der Waals surface area contributed by atoms with E-state index in [0.29, 0.717) is 15.2 Å². The number of urea groups is 1. The number of hydrogen-bond acceptors (Lipinski definition) is 2. The lowest BCUT2D eigenvalue weighted by molar-refractivity contribution is -0.137. The van der Waals surface area contributed by atoms with E-state index in [-0.39, 0.29) is 25.0 Å². The smallest absolute Gasteiger partial charge is 0.322 e. The van der Waals surface area contributed by atoms with Crippen LogP contribution in [0.1, 0.15) is 19.3 Å². The van der Waals surface area contributed by atoms with E-state index in [0.717, 1.165) is 12.8 Å². The van der Waals surface area contributed by atoms with Gasteiger partial charge in [0, 0.05) is 22.7 Å². The van der Waals surface area contributed by atoms with E-state index >= 15 is 0 Å². The summed E-state index contributed by atoms with van der Waals surface area (Å²) < 4.78 is 0.695. The van der Waals surface area contributed by atoms with E-state index in [2.05, 4.69) is 21.2 Å². The summed E-state index contributed by atoms with van der Waals surface area (Å²) in [6.07, 6.45) is 1.81. The molecule has 2 amide bonds. The van der Waals surface area contributed by atoms with E-state index in [4.69, 9.17) is 16.7 Å². The van der Waals surface area contributed by atoms with Crippen molar-refractivity contribution in [3.63, 3.8) is 0 Å². The van der Waals surface area contributed by atoms with Crippen molar-refractivity contribution in [3.05, 3.63) is 27.7 Å². The Balaban J connectivity index is 2.00. The fraction of sp³-hybridized carbons (Fsp3) is 0.385. The molecular weight excluding hydrogens is 348 g/mol. The molecule has 1 aliphatic rings. The van der Waals surface area contributed by atoms with Crippen LogP contribution in [0.3, 0.4) is 0 Å². The van der Waals surface area contributed by atoms with Gasteiger partial charge in [0.05, 0.1) is 11.4 Å². The maximum atomic E-state index is 12.2. The van der Waals surface area contributed by atoms with Gasteiger partial charge in [-0.2, -0.15) is 0 Å². The predicted octanol–water partition coefficient (Wildman–Crippen LogP) is 3.57. The minimum atomic E-state index is -0.905. The first-order valence-corrected chi connectivity index (χ1v) is 7.39. The van der Waals surface area contributed by atoms with Crippen LogP contribution in [0.25, 0.3) is 0 Å². The van der Waals surface area contributed by atoms with Crippen LogP contribution in [-0.4, -0.2) is 34.6 Å². The minimum Gasteiger partial charge on any atom is -0.481 e. The standard InChI is InChI=1S/C13H14BrClN2O3/c14-10-7-8(1-4-11(10)15)16-13(20)17(9-2-3-9)6-5-12(18)19/h1,4,7,9H,2-3,5-6H2,(H,16,20)(H,18,19). The van der Waals surface area contributed by atoms with E-state index < -0.39 is 5.97 Å². The molecule has 0 bridgehead atoms. The lowest BCUT2D eigenvalue weighted by Gasteiger charge is -2.22. The Morgan fingerprint density at radius 3 is 2.70 bits per heavy atom. The van der Waals surface area contributed by atoms with Gasteiger partial charge in [0.25, 0.3) is 0 Å². The summed E-state index contributed by atoms with van der Waals surface area (Å²) in [5.41, 5.74) is 0.618. The molecule has 0 saturated heterocycles. The third-order valence-corrected chi connectivity index (χ3v) is 4.20. The van der Waals surface area contributed by atoms with Crippen molar-refractivity contribution in [1.29, 1.82) is 0 Å². The molecule has 20 heavy (non-hydrogen) atoms. The molecule has 7 heteroatoms. The first-order chi connectivity index (χ1) is 9.47. The van der Waals surface area contributed by atoms with Gasteiger partial charge in [-0.05, 0) is 47.0 Å². The average Bonchev–Trinajstić information content (AvgIpc) is 3.18. The molecule has 1 aliphatic carbocycles. The number of aliphatic carboxylic acids is 1. The van der Waals surface area contributed by atoms with Crippen molar-refractivity contribution < 1.29 is 14.7 Å². The van der Waals surface area contributed by atoms with E-state index in [1.54, 1.807) is 23.1 Å². The largest absolute Gasteiger partial charge is 0.481 e. The number of carboxylic acids is 1. The Kier molecular flexibility index (Phi) is 4.88. The van der Waals surface area contributed by atoms with Gasteiger partial charge in [-0.15, -0.1) is 0 Å². The quantitative estimate of drug-likeness (QED) is 0.842. The number of carboxylic acid groups (broad SMARTS) is 1. The van der Waals surface area contributed by atoms with E-state index in [1.807, 2.05) is 0 Å². The van der Waals surface area contributed by atoms with Crippen LogP contribution in [-0.2, 0) is 4.79 Å². The molecule has 0 radical (unpaired) electrons. The zero-order valence-corrected chi connectivity index (χ0v) is 12.9. The lowest BCUT2D eigenvalue weighted by atomic mass is 10.3. The number of rotatable bonds is 5. The summed E-state index contributed by atoms with van der Waals surface area (Å²) in [6, 6.07) is 4.98. The van der Waals surface area contributed by atoms with Gasteiger partial charge < -0.3 is 15.3 Å². The number of carbonyl (C=O) groups is 2. The Morgan fingerprint density at radius 2 is 2.15 bits per heavy atom.